The molecule has 0 aliphatic heterocycles. The molecule has 6 heteroatoms. The molecule has 0 spiro atoms. The van der Waals surface area contributed by atoms with E-state index in [0.717, 1.165) is 12.8 Å². The summed E-state index contributed by atoms with van der Waals surface area (Å²) in [6.45, 7) is 5.79. The highest BCUT2D eigenvalue weighted by Gasteiger charge is 2.30. The lowest BCUT2D eigenvalue weighted by Gasteiger charge is -2.26. The molecule has 2 rings (SSSR count). The van der Waals surface area contributed by atoms with Crippen molar-refractivity contribution in [3.63, 3.8) is 0 Å². The van der Waals surface area contributed by atoms with Gasteiger partial charge in [-0.15, -0.1) is 5.10 Å². The topological polar surface area (TPSA) is 70.9 Å². The Kier molecular flexibility index (Phi) is 3.36. The van der Waals surface area contributed by atoms with Crippen LogP contribution in [0.4, 0.5) is 0 Å². The van der Waals surface area contributed by atoms with Gasteiger partial charge in [0.1, 0.15) is 0 Å². The fraction of sp³-hybridized carbons (Fsp3) is 0.818. The summed E-state index contributed by atoms with van der Waals surface area (Å²) < 4.78 is 1.71. The van der Waals surface area contributed by atoms with E-state index >= 15 is 0 Å². The average molecular weight is 257 g/mol. The normalized spacial score (nSPS) is 19.6. The van der Waals surface area contributed by atoms with Crippen molar-refractivity contribution < 1.29 is 5.11 Å². The molecule has 1 aromatic heterocycles. The number of nitrogens with zero attached hydrogens (tertiary/aromatic N) is 2. The summed E-state index contributed by atoms with van der Waals surface area (Å²) in [5, 5.41) is 17.3. The van der Waals surface area contributed by atoms with Crippen molar-refractivity contribution >= 4 is 11.8 Å². The van der Waals surface area contributed by atoms with E-state index in [1.54, 1.807) is 4.57 Å². The number of hydrogen-bond acceptors (Lipinski definition) is 4. The Hall–Kier alpha value is -0.750. The van der Waals surface area contributed by atoms with Gasteiger partial charge in [0.05, 0.1) is 5.60 Å². The molecular weight excluding hydrogens is 238 g/mol. The van der Waals surface area contributed by atoms with E-state index in [0.29, 0.717) is 17.0 Å². The summed E-state index contributed by atoms with van der Waals surface area (Å²) >= 11 is 1.44. The molecule has 0 bridgehead atoms. The molecule has 5 nitrogen and oxygen atoms in total. The molecule has 1 aliphatic carbocycles. The van der Waals surface area contributed by atoms with Crippen LogP contribution >= 0.6 is 11.8 Å². The fourth-order valence-electron chi connectivity index (χ4n) is 1.42. The molecule has 1 atom stereocenters. The van der Waals surface area contributed by atoms with Gasteiger partial charge in [0.15, 0.2) is 5.16 Å². The minimum absolute atomic E-state index is 0.140. The van der Waals surface area contributed by atoms with Crippen molar-refractivity contribution in [3.8, 4) is 0 Å². The van der Waals surface area contributed by atoms with Gasteiger partial charge in [0.25, 0.3) is 0 Å². The predicted molar refractivity (Wildman–Crippen MR) is 67.3 cm³/mol. The van der Waals surface area contributed by atoms with E-state index < -0.39 is 5.60 Å². The Balaban J connectivity index is 2.07. The SMILES string of the molecule is CC(C)C(C)(O)CSc1n[nH]c(=O)n1C1CC1. The third-order valence-electron chi connectivity index (χ3n) is 3.32. The van der Waals surface area contributed by atoms with Crippen molar-refractivity contribution in [2.45, 2.75) is 50.4 Å². The third kappa shape index (κ3) is 2.74. The lowest BCUT2D eigenvalue weighted by atomic mass is 9.95. The van der Waals surface area contributed by atoms with Crippen LogP contribution < -0.4 is 5.69 Å². The minimum Gasteiger partial charge on any atom is -0.389 e. The van der Waals surface area contributed by atoms with E-state index in [2.05, 4.69) is 10.2 Å². The summed E-state index contributed by atoms with van der Waals surface area (Å²) in [6.07, 6.45) is 2.10. The summed E-state index contributed by atoms with van der Waals surface area (Å²) in [5.41, 5.74) is -0.882. The van der Waals surface area contributed by atoms with E-state index in [-0.39, 0.29) is 11.6 Å². The molecule has 1 saturated carbocycles. The second-order valence-electron chi connectivity index (χ2n) is 5.21. The molecule has 17 heavy (non-hydrogen) atoms. The number of aromatic nitrogens is 3. The zero-order valence-corrected chi connectivity index (χ0v) is 11.3. The zero-order valence-electron chi connectivity index (χ0n) is 10.4. The Morgan fingerprint density at radius 3 is 2.82 bits per heavy atom. The minimum atomic E-state index is -0.742. The molecule has 1 aromatic rings. The molecule has 96 valence electrons. The van der Waals surface area contributed by atoms with Crippen molar-refractivity contribution in [2.24, 2.45) is 5.92 Å². The smallest absolute Gasteiger partial charge is 0.344 e. The number of H-pyrrole nitrogens is 1. The van der Waals surface area contributed by atoms with Crippen LogP contribution in [0.25, 0.3) is 0 Å². The Labute approximate surface area is 105 Å². The van der Waals surface area contributed by atoms with Crippen LogP contribution in [0.15, 0.2) is 9.95 Å². The largest absolute Gasteiger partial charge is 0.389 e. The standard InChI is InChI=1S/C11H19N3O2S/c1-7(2)11(3,16)6-17-10-13-12-9(15)14(10)8-4-5-8/h7-8,16H,4-6H2,1-3H3,(H,12,15). The second kappa shape index (κ2) is 4.49. The van der Waals surface area contributed by atoms with E-state index in [1.807, 2.05) is 20.8 Å². The first-order chi connectivity index (χ1) is 7.92. The zero-order chi connectivity index (χ0) is 12.6. The van der Waals surface area contributed by atoms with Crippen LogP contribution in [0.3, 0.4) is 0 Å². The first-order valence-electron chi connectivity index (χ1n) is 5.94. The highest BCUT2D eigenvalue weighted by atomic mass is 32.2. The van der Waals surface area contributed by atoms with Crippen molar-refractivity contribution in [2.75, 3.05) is 5.75 Å². The van der Waals surface area contributed by atoms with E-state index in [9.17, 15) is 9.90 Å². The van der Waals surface area contributed by atoms with Crippen molar-refractivity contribution in [3.05, 3.63) is 10.5 Å². The van der Waals surface area contributed by atoms with Crippen molar-refractivity contribution in [1.82, 2.24) is 14.8 Å². The van der Waals surface area contributed by atoms with Crippen LogP contribution in [-0.2, 0) is 0 Å². The number of nitrogens with one attached hydrogen (secondary N) is 1. The molecule has 1 unspecified atom stereocenters. The van der Waals surface area contributed by atoms with Crippen LogP contribution in [0.5, 0.6) is 0 Å². The third-order valence-corrected chi connectivity index (χ3v) is 4.60. The van der Waals surface area contributed by atoms with Gasteiger partial charge in [-0.05, 0) is 25.7 Å². The maximum atomic E-state index is 11.5. The number of aromatic amines is 1. The van der Waals surface area contributed by atoms with Gasteiger partial charge >= 0.3 is 5.69 Å². The summed E-state index contributed by atoms with van der Waals surface area (Å²) in [6, 6.07) is 0.313. The molecular formula is C11H19N3O2S. The number of aliphatic hydroxyl groups is 1. The molecule has 0 aromatic carbocycles. The van der Waals surface area contributed by atoms with Gasteiger partial charge in [0.2, 0.25) is 0 Å². The maximum absolute atomic E-state index is 11.5. The quantitative estimate of drug-likeness (QED) is 0.782. The van der Waals surface area contributed by atoms with Gasteiger partial charge in [-0.1, -0.05) is 25.6 Å². The summed E-state index contributed by atoms with van der Waals surface area (Å²) in [7, 11) is 0. The van der Waals surface area contributed by atoms with Crippen molar-refractivity contribution in [1.29, 1.82) is 0 Å². The fourth-order valence-corrected chi connectivity index (χ4v) is 2.66. The highest BCUT2D eigenvalue weighted by Crippen LogP contribution is 2.36. The van der Waals surface area contributed by atoms with Gasteiger partial charge in [0, 0.05) is 11.8 Å². The maximum Gasteiger partial charge on any atom is 0.344 e. The van der Waals surface area contributed by atoms with Crippen LogP contribution in [-0.4, -0.2) is 31.2 Å². The van der Waals surface area contributed by atoms with Gasteiger partial charge < -0.3 is 5.11 Å². The summed E-state index contributed by atoms with van der Waals surface area (Å²) in [4.78, 5) is 11.5. The predicted octanol–water partition coefficient (Wildman–Crippen LogP) is 1.41. The van der Waals surface area contributed by atoms with Crippen LogP contribution in [0.1, 0.15) is 39.7 Å². The molecule has 0 radical (unpaired) electrons. The van der Waals surface area contributed by atoms with Crippen LogP contribution in [0.2, 0.25) is 0 Å². The molecule has 2 N–H and O–H groups in total. The summed E-state index contributed by atoms with van der Waals surface area (Å²) in [5.74, 6) is 0.719. The number of rotatable bonds is 5. The molecule has 0 amide bonds. The number of thioether (sulfide) groups is 1. The molecule has 1 heterocycles. The molecule has 0 saturated heterocycles. The molecule has 1 aliphatic rings. The van der Waals surface area contributed by atoms with Gasteiger partial charge in [-0.25, -0.2) is 9.89 Å². The van der Waals surface area contributed by atoms with E-state index in [1.165, 1.54) is 11.8 Å². The lowest BCUT2D eigenvalue weighted by molar-refractivity contribution is 0.0376. The highest BCUT2D eigenvalue weighted by molar-refractivity contribution is 7.99. The Bertz CT molecular complexity index is 446. The first kappa shape index (κ1) is 12.7. The van der Waals surface area contributed by atoms with Gasteiger partial charge in [-0.3, -0.25) is 4.57 Å². The Morgan fingerprint density at radius 1 is 1.65 bits per heavy atom. The second-order valence-corrected chi connectivity index (χ2v) is 6.16. The van der Waals surface area contributed by atoms with Crippen LogP contribution in [0, 0.1) is 5.92 Å². The average Bonchev–Trinajstić information content (AvgIpc) is 3.00. The van der Waals surface area contributed by atoms with E-state index in [4.69, 9.17) is 0 Å². The lowest BCUT2D eigenvalue weighted by Crippen LogP contribution is -2.34. The first-order valence-corrected chi connectivity index (χ1v) is 6.92. The molecule has 1 fully saturated rings. The monoisotopic (exact) mass is 257 g/mol. The van der Waals surface area contributed by atoms with Gasteiger partial charge in [-0.2, -0.15) is 0 Å². The Morgan fingerprint density at radius 2 is 2.29 bits per heavy atom. The number of hydrogen-bond donors (Lipinski definition) is 2.